The molecule has 0 amide bonds. The highest BCUT2D eigenvalue weighted by Crippen LogP contribution is 2.27. The first-order valence-electron chi connectivity index (χ1n) is 9.44. The third kappa shape index (κ3) is 4.71. The average molecular weight is 452 g/mol. The lowest BCUT2D eigenvalue weighted by molar-refractivity contribution is 0.725. The van der Waals surface area contributed by atoms with Gasteiger partial charge in [-0.2, -0.15) is 0 Å². The molecular formula is C21H22BrN7. The molecular weight excluding hydrogens is 430 g/mol. The van der Waals surface area contributed by atoms with E-state index < -0.39 is 0 Å². The Bertz CT molecular complexity index is 1110. The molecule has 0 saturated carbocycles. The van der Waals surface area contributed by atoms with Gasteiger partial charge < -0.3 is 15.2 Å². The van der Waals surface area contributed by atoms with Crippen molar-refractivity contribution in [1.82, 2.24) is 24.5 Å². The van der Waals surface area contributed by atoms with Crippen LogP contribution in [0.3, 0.4) is 0 Å². The summed E-state index contributed by atoms with van der Waals surface area (Å²) in [6.45, 7) is 5.58. The number of pyridine rings is 1. The first kappa shape index (κ1) is 19.3. The number of aryl methyl sites for hydroxylation is 1. The van der Waals surface area contributed by atoms with Crippen molar-refractivity contribution in [3.05, 3.63) is 71.1 Å². The van der Waals surface area contributed by atoms with Gasteiger partial charge in [0.05, 0.1) is 24.1 Å². The Balaban J connectivity index is 1.56. The van der Waals surface area contributed by atoms with Gasteiger partial charge in [-0.05, 0) is 37.6 Å². The number of fused-ring (bicyclic) bond motifs is 1. The van der Waals surface area contributed by atoms with E-state index in [0.29, 0.717) is 5.82 Å². The lowest BCUT2D eigenvalue weighted by Gasteiger charge is -2.17. The molecule has 0 fully saturated rings. The highest BCUT2D eigenvalue weighted by molar-refractivity contribution is 9.10. The van der Waals surface area contributed by atoms with Gasteiger partial charge in [0.25, 0.3) is 0 Å². The summed E-state index contributed by atoms with van der Waals surface area (Å²) in [4.78, 5) is 17.7. The zero-order chi connectivity index (χ0) is 20.2. The Labute approximate surface area is 177 Å². The molecule has 29 heavy (non-hydrogen) atoms. The molecule has 4 rings (SSSR count). The van der Waals surface area contributed by atoms with Crippen molar-refractivity contribution in [2.45, 2.75) is 26.4 Å². The molecule has 0 aliphatic heterocycles. The van der Waals surface area contributed by atoms with Gasteiger partial charge in [-0.1, -0.05) is 28.1 Å². The zero-order valence-corrected chi connectivity index (χ0v) is 17.9. The third-order valence-corrected chi connectivity index (χ3v) is 5.12. The van der Waals surface area contributed by atoms with E-state index in [2.05, 4.69) is 65.6 Å². The molecule has 2 N–H and O–H groups in total. The number of rotatable bonds is 7. The fourth-order valence-electron chi connectivity index (χ4n) is 3.15. The topological polar surface area (TPSA) is 80.5 Å². The quantitative estimate of drug-likeness (QED) is 0.428. The van der Waals surface area contributed by atoms with Crippen LogP contribution >= 0.6 is 15.9 Å². The van der Waals surface area contributed by atoms with E-state index in [1.165, 1.54) is 5.56 Å². The van der Waals surface area contributed by atoms with Gasteiger partial charge in [-0.15, -0.1) is 0 Å². The van der Waals surface area contributed by atoms with E-state index in [1.807, 2.05) is 35.9 Å². The van der Waals surface area contributed by atoms with Gasteiger partial charge in [0.15, 0.2) is 0 Å². The largest absolute Gasteiger partial charge is 0.368 e. The Hall–Kier alpha value is -3.00. The van der Waals surface area contributed by atoms with Gasteiger partial charge >= 0.3 is 0 Å². The number of nitrogens with zero attached hydrogens (tertiary/aromatic N) is 5. The number of benzene rings is 1. The lowest BCUT2D eigenvalue weighted by atomic mass is 10.1. The Kier molecular flexibility index (Phi) is 5.71. The molecule has 148 valence electrons. The number of halogens is 1. The van der Waals surface area contributed by atoms with Crippen molar-refractivity contribution in [1.29, 1.82) is 0 Å². The molecule has 4 aromatic rings. The predicted octanol–water partition coefficient (Wildman–Crippen LogP) is 4.58. The van der Waals surface area contributed by atoms with Crippen LogP contribution < -0.4 is 10.6 Å². The number of anilines is 2. The smallest absolute Gasteiger partial charge is 0.138 e. The van der Waals surface area contributed by atoms with Gasteiger partial charge in [0.1, 0.15) is 17.5 Å². The van der Waals surface area contributed by atoms with Crippen molar-refractivity contribution in [3.63, 3.8) is 0 Å². The Morgan fingerprint density at radius 1 is 1.21 bits per heavy atom. The summed E-state index contributed by atoms with van der Waals surface area (Å²) in [5.74, 6) is 2.31. The van der Waals surface area contributed by atoms with Crippen molar-refractivity contribution in [2.75, 3.05) is 17.2 Å². The second kappa shape index (κ2) is 8.57. The van der Waals surface area contributed by atoms with E-state index in [1.54, 1.807) is 18.7 Å². The third-order valence-electron chi connectivity index (χ3n) is 4.63. The van der Waals surface area contributed by atoms with Crippen LogP contribution in [0.25, 0.3) is 10.9 Å². The van der Waals surface area contributed by atoms with Crippen LogP contribution in [0, 0.1) is 6.92 Å². The molecule has 0 aliphatic rings. The second-order valence-corrected chi connectivity index (χ2v) is 7.77. The van der Waals surface area contributed by atoms with E-state index in [4.69, 9.17) is 0 Å². The van der Waals surface area contributed by atoms with Gasteiger partial charge in [0, 0.05) is 35.3 Å². The lowest BCUT2D eigenvalue weighted by Crippen LogP contribution is -2.11. The first-order valence-corrected chi connectivity index (χ1v) is 10.2. The molecule has 0 spiro atoms. The minimum atomic E-state index is 0.0933. The summed E-state index contributed by atoms with van der Waals surface area (Å²) >= 11 is 3.54. The zero-order valence-electron chi connectivity index (χ0n) is 16.3. The van der Waals surface area contributed by atoms with Crippen molar-refractivity contribution >= 4 is 38.5 Å². The van der Waals surface area contributed by atoms with Crippen LogP contribution in [-0.4, -0.2) is 31.0 Å². The van der Waals surface area contributed by atoms with E-state index >= 15 is 0 Å². The summed E-state index contributed by atoms with van der Waals surface area (Å²) in [6, 6.07) is 10.4. The fourth-order valence-corrected chi connectivity index (χ4v) is 3.57. The minimum Gasteiger partial charge on any atom is -0.368 e. The summed E-state index contributed by atoms with van der Waals surface area (Å²) < 4.78 is 3.08. The molecule has 0 radical (unpaired) electrons. The van der Waals surface area contributed by atoms with Crippen LogP contribution in [0.15, 0.2) is 59.7 Å². The summed E-state index contributed by atoms with van der Waals surface area (Å²) in [6.07, 6.45) is 7.31. The summed E-state index contributed by atoms with van der Waals surface area (Å²) in [5.41, 5.74) is 2.00. The predicted molar refractivity (Wildman–Crippen MR) is 119 cm³/mol. The van der Waals surface area contributed by atoms with Crippen molar-refractivity contribution in [3.8, 4) is 0 Å². The number of aromatic nitrogens is 5. The standard InChI is InChI=1S/C21H22BrN7/c1-14(16-4-3-5-17(22)10-16)26-21-18-11-20(24-7-9-29-8-6-23-13-29)25-12-19(18)27-15(2)28-21/h3-6,8,10-14H,7,9H2,1-2H3,(H,24,25)(H,26,27,28). The van der Waals surface area contributed by atoms with Crippen molar-refractivity contribution in [2.24, 2.45) is 0 Å². The second-order valence-electron chi connectivity index (χ2n) is 6.85. The van der Waals surface area contributed by atoms with Gasteiger partial charge in [-0.3, -0.25) is 0 Å². The maximum atomic E-state index is 4.65. The number of hydrogen-bond acceptors (Lipinski definition) is 6. The molecule has 1 atom stereocenters. The van der Waals surface area contributed by atoms with Crippen LogP contribution in [0.2, 0.25) is 0 Å². The Morgan fingerprint density at radius 3 is 2.90 bits per heavy atom. The number of imidazole rings is 1. The summed E-state index contributed by atoms with van der Waals surface area (Å²) in [5, 5.41) is 7.84. The highest BCUT2D eigenvalue weighted by Gasteiger charge is 2.12. The average Bonchev–Trinajstić information content (AvgIpc) is 3.22. The molecule has 8 heteroatoms. The van der Waals surface area contributed by atoms with E-state index in [0.717, 1.165) is 40.1 Å². The van der Waals surface area contributed by atoms with Crippen LogP contribution in [-0.2, 0) is 6.54 Å². The maximum absolute atomic E-state index is 4.65. The first-order chi connectivity index (χ1) is 14.1. The minimum absolute atomic E-state index is 0.0933. The van der Waals surface area contributed by atoms with Gasteiger partial charge in [0.2, 0.25) is 0 Å². The van der Waals surface area contributed by atoms with E-state index in [-0.39, 0.29) is 6.04 Å². The summed E-state index contributed by atoms with van der Waals surface area (Å²) in [7, 11) is 0. The molecule has 7 nitrogen and oxygen atoms in total. The monoisotopic (exact) mass is 451 g/mol. The van der Waals surface area contributed by atoms with Crippen LogP contribution in [0.5, 0.6) is 0 Å². The van der Waals surface area contributed by atoms with Gasteiger partial charge in [-0.25, -0.2) is 19.9 Å². The van der Waals surface area contributed by atoms with Crippen LogP contribution in [0.4, 0.5) is 11.6 Å². The van der Waals surface area contributed by atoms with Crippen LogP contribution in [0.1, 0.15) is 24.4 Å². The molecule has 3 aromatic heterocycles. The highest BCUT2D eigenvalue weighted by atomic mass is 79.9. The Morgan fingerprint density at radius 2 is 2.10 bits per heavy atom. The number of nitrogens with one attached hydrogen (secondary N) is 2. The molecule has 0 aliphatic carbocycles. The molecule has 1 aromatic carbocycles. The maximum Gasteiger partial charge on any atom is 0.138 e. The molecule has 1 unspecified atom stereocenters. The van der Waals surface area contributed by atoms with Crippen molar-refractivity contribution < 1.29 is 0 Å². The van der Waals surface area contributed by atoms with E-state index in [9.17, 15) is 0 Å². The molecule has 0 saturated heterocycles. The SMILES string of the molecule is Cc1nc(NC(C)c2cccc(Br)c2)c2cc(NCCn3ccnc3)ncc2n1. The normalized spacial score (nSPS) is 12.1. The number of hydrogen-bond donors (Lipinski definition) is 2. The molecule has 0 bridgehead atoms. The molecule has 3 heterocycles. The fraction of sp³-hybridized carbons (Fsp3) is 0.238.